The van der Waals surface area contributed by atoms with Gasteiger partial charge in [0.05, 0.1) is 0 Å². The summed E-state index contributed by atoms with van der Waals surface area (Å²) in [5, 5.41) is 0. The molecule has 2 rings (SSSR count). The Balaban J connectivity index is 2.48. The molecule has 1 saturated carbocycles. The molecule has 1 aromatic rings. The Morgan fingerprint density at radius 2 is 1.42 bits per heavy atom. The first kappa shape index (κ1) is 13.8. The fourth-order valence-corrected chi connectivity index (χ4v) is 2.54. The molecule has 102 valence electrons. The molecule has 0 aliphatic heterocycles. The summed E-state index contributed by atoms with van der Waals surface area (Å²) in [7, 11) is 0. The summed E-state index contributed by atoms with van der Waals surface area (Å²) < 4.78 is 40.1. The molecule has 0 unspecified atom stereocenters. The molecule has 19 heavy (non-hydrogen) atoms. The predicted molar refractivity (Wildman–Crippen MR) is 62.1 cm³/mol. The van der Waals surface area contributed by atoms with Crippen molar-refractivity contribution in [1.82, 2.24) is 0 Å². The van der Waals surface area contributed by atoms with Crippen LogP contribution >= 0.6 is 0 Å². The highest BCUT2D eigenvalue weighted by molar-refractivity contribution is 6.10. The van der Waals surface area contributed by atoms with Gasteiger partial charge in [0.1, 0.15) is 34.9 Å². The number of hydrogen-bond acceptors (Lipinski definition) is 2. The molecule has 0 spiro atoms. The van der Waals surface area contributed by atoms with Gasteiger partial charge >= 0.3 is 0 Å². The number of ketones is 2. The number of hydrogen-bond donors (Lipinski definition) is 0. The monoisotopic (exact) mass is 270 g/mol. The fourth-order valence-electron chi connectivity index (χ4n) is 2.54. The van der Waals surface area contributed by atoms with Crippen molar-refractivity contribution in [2.45, 2.75) is 32.6 Å². The van der Waals surface area contributed by atoms with Crippen LogP contribution in [0.5, 0.6) is 0 Å². The summed E-state index contributed by atoms with van der Waals surface area (Å²) >= 11 is 0. The quantitative estimate of drug-likeness (QED) is 0.735. The number of rotatable bonds is 1. The highest BCUT2D eigenvalue weighted by atomic mass is 19.1. The van der Waals surface area contributed by atoms with E-state index in [4.69, 9.17) is 0 Å². The van der Waals surface area contributed by atoms with Gasteiger partial charge in [-0.2, -0.15) is 0 Å². The van der Waals surface area contributed by atoms with Gasteiger partial charge in [-0.25, -0.2) is 13.2 Å². The molecule has 1 aromatic carbocycles. The van der Waals surface area contributed by atoms with Crippen LogP contribution in [0.4, 0.5) is 13.2 Å². The van der Waals surface area contributed by atoms with E-state index >= 15 is 0 Å². The fraction of sp³-hybridized carbons (Fsp3) is 0.429. The molecule has 0 aromatic heterocycles. The lowest BCUT2D eigenvalue weighted by molar-refractivity contribution is -0.135. The van der Waals surface area contributed by atoms with E-state index in [0.717, 1.165) is 0 Å². The van der Waals surface area contributed by atoms with Crippen LogP contribution in [0.1, 0.15) is 38.2 Å². The Bertz CT molecular complexity index is 521. The Labute approximate surface area is 108 Å². The maximum Gasteiger partial charge on any atom is 0.148 e. The Kier molecular flexibility index (Phi) is 3.24. The number of halogens is 3. The number of Topliss-reactive ketones (excluding diaryl/α,β-unsaturated/α-hetero) is 2. The van der Waals surface area contributed by atoms with Gasteiger partial charge in [0.2, 0.25) is 0 Å². The van der Waals surface area contributed by atoms with Crippen molar-refractivity contribution < 1.29 is 22.8 Å². The van der Waals surface area contributed by atoms with Crippen LogP contribution in [-0.4, -0.2) is 11.6 Å². The first-order valence-corrected chi connectivity index (χ1v) is 5.91. The molecule has 1 aliphatic rings. The first-order valence-electron chi connectivity index (χ1n) is 5.91. The molecule has 5 heteroatoms. The average Bonchev–Trinajstić information content (AvgIpc) is 2.18. The zero-order valence-electron chi connectivity index (χ0n) is 10.6. The minimum absolute atomic E-state index is 0.0691. The molecule has 1 fully saturated rings. The highest BCUT2D eigenvalue weighted by Gasteiger charge is 2.42. The Hall–Kier alpha value is -1.65. The molecule has 0 heterocycles. The molecule has 0 saturated heterocycles. The third-order valence-corrected chi connectivity index (χ3v) is 3.28. The highest BCUT2D eigenvalue weighted by Crippen LogP contribution is 2.39. The van der Waals surface area contributed by atoms with Gasteiger partial charge in [-0.1, -0.05) is 13.8 Å². The standard InChI is InChI=1S/C14H13F3O2/c1-14(2)5-10(18)13(11(19)6-14)12-8(16)3-7(15)4-9(12)17/h3-4,13H,5-6H2,1-2H3. The van der Waals surface area contributed by atoms with Crippen molar-refractivity contribution in [3.63, 3.8) is 0 Å². The van der Waals surface area contributed by atoms with E-state index in [-0.39, 0.29) is 12.8 Å². The average molecular weight is 270 g/mol. The SMILES string of the molecule is CC1(C)CC(=O)C(c2c(F)cc(F)cc2F)C(=O)C1. The van der Waals surface area contributed by atoms with Crippen molar-refractivity contribution in [1.29, 1.82) is 0 Å². The third-order valence-electron chi connectivity index (χ3n) is 3.28. The van der Waals surface area contributed by atoms with E-state index in [1.54, 1.807) is 13.8 Å². The molecule has 0 atom stereocenters. The number of benzene rings is 1. The van der Waals surface area contributed by atoms with Gasteiger partial charge in [-0.05, 0) is 5.41 Å². The van der Waals surface area contributed by atoms with Gasteiger partial charge < -0.3 is 0 Å². The van der Waals surface area contributed by atoms with E-state index in [1.165, 1.54) is 0 Å². The van der Waals surface area contributed by atoms with E-state index in [9.17, 15) is 22.8 Å². The van der Waals surface area contributed by atoms with Crippen LogP contribution in [0.15, 0.2) is 12.1 Å². The lowest BCUT2D eigenvalue weighted by Crippen LogP contribution is -2.37. The minimum atomic E-state index is -1.45. The Morgan fingerprint density at radius 3 is 1.84 bits per heavy atom. The second kappa shape index (κ2) is 4.47. The number of carbonyl (C=O) groups is 2. The largest absolute Gasteiger partial charge is 0.298 e. The molecular formula is C14H13F3O2. The zero-order chi connectivity index (χ0) is 14.4. The summed E-state index contributed by atoms with van der Waals surface area (Å²) in [5.74, 6) is -5.95. The van der Waals surface area contributed by atoms with Crippen LogP contribution in [0.25, 0.3) is 0 Å². The normalized spacial score (nSPS) is 19.8. The van der Waals surface area contributed by atoms with Crippen LogP contribution in [0.2, 0.25) is 0 Å². The first-order chi connectivity index (χ1) is 8.71. The van der Waals surface area contributed by atoms with Gasteiger partial charge in [-0.3, -0.25) is 9.59 Å². The van der Waals surface area contributed by atoms with Gasteiger partial charge in [-0.15, -0.1) is 0 Å². The van der Waals surface area contributed by atoms with E-state index < -0.39 is 45.9 Å². The summed E-state index contributed by atoms with van der Waals surface area (Å²) in [6.45, 7) is 3.49. The summed E-state index contributed by atoms with van der Waals surface area (Å²) in [4.78, 5) is 23.9. The minimum Gasteiger partial charge on any atom is -0.298 e. The van der Waals surface area contributed by atoms with Crippen molar-refractivity contribution in [2.24, 2.45) is 5.41 Å². The zero-order valence-corrected chi connectivity index (χ0v) is 10.6. The molecule has 0 N–H and O–H groups in total. The smallest absolute Gasteiger partial charge is 0.148 e. The number of carbonyl (C=O) groups excluding carboxylic acids is 2. The van der Waals surface area contributed by atoms with Crippen molar-refractivity contribution >= 4 is 11.6 Å². The lowest BCUT2D eigenvalue weighted by Gasteiger charge is -2.32. The van der Waals surface area contributed by atoms with Crippen LogP contribution in [0.3, 0.4) is 0 Å². The molecule has 2 nitrogen and oxygen atoms in total. The van der Waals surface area contributed by atoms with Crippen molar-refractivity contribution in [3.8, 4) is 0 Å². The van der Waals surface area contributed by atoms with Gasteiger partial charge in [0, 0.05) is 30.5 Å². The van der Waals surface area contributed by atoms with Gasteiger partial charge in [0.25, 0.3) is 0 Å². The second-order valence-electron chi connectivity index (χ2n) is 5.67. The molecule has 0 radical (unpaired) electrons. The van der Waals surface area contributed by atoms with E-state index in [1.807, 2.05) is 0 Å². The van der Waals surface area contributed by atoms with Crippen LogP contribution in [0, 0.1) is 22.9 Å². The molecule has 1 aliphatic carbocycles. The summed E-state index contributed by atoms with van der Waals surface area (Å²) in [6, 6.07) is 0.970. The van der Waals surface area contributed by atoms with Crippen molar-refractivity contribution in [2.75, 3.05) is 0 Å². The molecule has 0 amide bonds. The Morgan fingerprint density at radius 1 is 1.00 bits per heavy atom. The van der Waals surface area contributed by atoms with E-state index in [2.05, 4.69) is 0 Å². The summed E-state index contributed by atoms with van der Waals surface area (Å²) in [5.41, 5.74) is -1.13. The van der Waals surface area contributed by atoms with Crippen molar-refractivity contribution in [3.05, 3.63) is 35.1 Å². The molecule has 0 bridgehead atoms. The predicted octanol–water partition coefficient (Wildman–Crippen LogP) is 3.15. The van der Waals surface area contributed by atoms with Crippen LogP contribution < -0.4 is 0 Å². The maximum absolute atomic E-state index is 13.7. The topological polar surface area (TPSA) is 34.1 Å². The van der Waals surface area contributed by atoms with E-state index in [0.29, 0.717) is 12.1 Å². The lowest BCUT2D eigenvalue weighted by atomic mass is 9.69. The third kappa shape index (κ3) is 2.55. The van der Waals surface area contributed by atoms with Crippen LogP contribution in [-0.2, 0) is 9.59 Å². The summed E-state index contributed by atoms with van der Waals surface area (Å²) in [6.07, 6.45) is 0.138. The second-order valence-corrected chi connectivity index (χ2v) is 5.67. The maximum atomic E-state index is 13.7. The van der Waals surface area contributed by atoms with Gasteiger partial charge in [0.15, 0.2) is 0 Å². The molecular weight excluding hydrogens is 257 g/mol.